The highest BCUT2D eigenvalue weighted by atomic mass is 16.5. The number of rotatable bonds is 4. The topological polar surface area (TPSA) is 104 Å². The molecular weight excluding hydrogens is 276 g/mol. The fourth-order valence-electron chi connectivity index (χ4n) is 1.51. The number of aryl methyl sites for hydroxylation is 1. The third kappa shape index (κ3) is 2.94. The molecule has 0 atom stereocenters. The lowest BCUT2D eigenvalue weighted by Gasteiger charge is -2.00. The first-order chi connectivity index (χ1) is 10.2. The molecule has 0 aliphatic rings. The first kappa shape index (κ1) is 13.0. The predicted molar refractivity (Wildman–Crippen MR) is 67.9 cm³/mol. The summed E-state index contributed by atoms with van der Waals surface area (Å²) in [5.74, 6) is 0.298. The first-order valence-electron chi connectivity index (χ1n) is 6.04. The van der Waals surface area contributed by atoms with Crippen molar-refractivity contribution < 1.29 is 18.5 Å². The summed E-state index contributed by atoms with van der Waals surface area (Å²) in [7, 11) is 0. The van der Waals surface area contributed by atoms with Gasteiger partial charge >= 0.3 is 5.97 Å². The lowest BCUT2D eigenvalue weighted by atomic mass is 10.4. The number of furan rings is 1. The average Bonchev–Trinajstić information content (AvgIpc) is 3.16. The Morgan fingerprint density at radius 3 is 2.95 bits per heavy atom. The highest BCUT2D eigenvalue weighted by Crippen LogP contribution is 2.17. The third-order valence-electron chi connectivity index (χ3n) is 2.52. The molecule has 0 spiro atoms. The Morgan fingerprint density at radius 1 is 1.33 bits per heavy atom. The Bertz CT molecular complexity index is 734. The van der Waals surface area contributed by atoms with Gasteiger partial charge in [0.2, 0.25) is 5.82 Å². The summed E-state index contributed by atoms with van der Waals surface area (Å²) >= 11 is 0. The Hall–Kier alpha value is -3.03. The van der Waals surface area contributed by atoms with E-state index < -0.39 is 5.97 Å². The predicted octanol–water partition coefficient (Wildman–Crippen LogP) is 1.79. The minimum atomic E-state index is -0.605. The van der Waals surface area contributed by atoms with Crippen molar-refractivity contribution in [2.75, 3.05) is 0 Å². The number of nitrogens with zero attached hydrogens (tertiary/aromatic N) is 4. The van der Waals surface area contributed by atoms with Crippen LogP contribution in [0.2, 0.25) is 0 Å². The van der Waals surface area contributed by atoms with Crippen LogP contribution < -0.4 is 0 Å². The van der Waals surface area contributed by atoms with Crippen molar-refractivity contribution >= 4 is 5.97 Å². The zero-order valence-corrected chi connectivity index (χ0v) is 11.0. The molecule has 0 unspecified atom stereocenters. The van der Waals surface area contributed by atoms with Gasteiger partial charge in [-0.25, -0.2) is 9.78 Å². The Balaban J connectivity index is 1.62. The molecule has 0 amide bonds. The van der Waals surface area contributed by atoms with Gasteiger partial charge in [0, 0.05) is 6.20 Å². The van der Waals surface area contributed by atoms with Crippen LogP contribution in [0.15, 0.2) is 39.7 Å². The molecule has 0 aliphatic carbocycles. The Labute approximate surface area is 118 Å². The summed E-state index contributed by atoms with van der Waals surface area (Å²) in [6.45, 7) is 1.65. The molecule has 8 heteroatoms. The van der Waals surface area contributed by atoms with Gasteiger partial charge in [0.25, 0.3) is 5.89 Å². The van der Waals surface area contributed by atoms with Crippen LogP contribution in [0.3, 0.4) is 0 Å². The van der Waals surface area contributed by atoms with Crippen molar-refractivity contribution in [1.82, 2.24) is 20.1 Å². The molecule has 3 aromatic heterocycles. The zero-order chi connectivity index (χ0) is 14.7. The second-order valence-corrected chi connectivity index (χ2v) is 4.11. The van der Waals surface area contributed by atoms with E-state index in [0.717, 1.165) is 0 Å². The molecule has 3 heterocycles. The van der Waals surface area contributed by atoms with E-state index in [0.29, 0.717) is 11.5 Å². The first-order valence-corrected chi connectivity index (χ1v) is 6.04. The molecule has 0 bridgehead atoms. The van der Waals surface area contributed by atoms with Gasteiger partial charge in [-0.05, 0) is 19.1 Å². The van der Waals surface area contributed by atoms with Gasteiger partial charge < -0.3 is 13.7 Å². The molecule has 0 aromatic carbocycles. The van der Waals surface area contributed by atoms with Gasteiger partial charge in [0.05, 0.1) is 18.2 Å². The fraction of sp³-hybridized carbons (Fsp3) is 0.154. The molecule has 0 saturated heterocycles. The van der Waals surface area contributed by atoms with Crippen LogP contribution in [0.4, 0.5) is 0 Å². The number of carbonyl (C=O) groups excluding carboxylic acids is 1. The molecule has 3 rings (SSSR count). The van der Waals surface area contributed by atoms with Crippen LogP contribution in [0, 0.1) is 6.92 Å². The molecule has 0 fully saturated rings. The molecular formula is C13H10N4O4. The summed E-state index contributed by atoms with van der Waals surface area (Å²) in [6, 6.07) is 3.39. The van der Waals surface area contributed by atoms with Gasteiger partial charge in [-0.1, -0.05) is 5.16 Å². The van der Waals surface area contributed by atoms with Crippen molar-refractivity contribution in [3.8, 4) is 11.7 Å². The van der Waals surface area contributed by atoms with E-state index in [4.69, 9.17) is 13.7 Å². The molecule has 0 saturated carbocycles. The van der Waals surface area contributed by atoms with Crippen LogP contribution in [-0.4, -0.2) is 26.1 Å². The van der Waals surface area contributed by atoms with E-state index in [9.17, 15) is 4.79 Å². The molecule has 0 N–H and O–H groups in total. The quantitative estimate of drug-likeness (QED) is 0.668. The number of hydrogen-bond acceptors (Lipinski definition) is 8. The van der Waals surface area contributed by atoms with Crippen LogP contribution in [0.25, 0.3) is 11.7 Å². The second kappa shape index (κ2) is 5.53. The van der Waals surface area contributed by atoms with Crippen LogP contribution in [0.1, 0.15) is 22.0 Å². The number of carbonyl (C=O) groups is 1. The molecule has 8 nitrogen and oxygen atoms in total. The van der Waals surface area contributed by atoms with Crippen LogP contribution in [0.5, 0.6) is 0 Å². The third-order valence-corrected chi connectivity index (χ3v) is 2.52. The van der Waals surface area contributed by atoms with E-state index in [1.807, 2.05) is 0 Å². The maximum absolute atomic E-state index is 11.7. The van der Waals surface area contributed by atoms with Gasteiger partial charge in [0.15, 0.2) is 18.1 Å². The van der Waals surface area contributed by atoms with Crippen molar-refractivity contribution in [3.63, 3.8) is 0 Å². The maximum Gasteiger partial charge on any atom is 0.358 e. The smallest absolute Gasteiger partial charge is 0.358 e. The van der Waals surface area contributed by atoms with Gasteiger partial charge in [-0.3, -0.25) is 4.98 Å². The highest BCUT2D eigenvalue weighted by molar-refractivity contribution is 5.86. The van der Waals surface area contributed by atoms with Crippen molar-refractivity contribution in [2.45, 2.75) is 13.5 Å². The Kier molecular flexibility index (Phi) is 3.42. The maximum atomic E-state index is 11.7. The number of aromatic nitrogens is 4. The monoisotopic (exact) mass is 286 g/mol. The van der Waals surface area contributed by atoms with E-state index >= 15 is 0 Å². The van der Waals surface area contributed by atoms with Crippen molar-refractivity contribution in [1.29, 1.82) is 0 Å². The molecule has 21 heavy (non-hydrogen) atoms. The van der Waals surface area contributed by atoms with E-state index in [1.165, 1.54) is 18.7 Å². The van der Waals surface area contributed by atoms with Crippen molar-refractivity contribution in [2.24, 2.45) is 0 Å². The standard InChI is InChI=1S/C13H10N4O4/c1-8-5-15-9(6-14-8)13(18)20-7-11-16-12(21-17-11)10-3-2-4-19-10/h2-6H,7H2,1H3. The average molecular weight is 286 g/mol. The molecule has 0 radical (unpaired) electrons. The minimum Gasteiger partial charge on any atom is -0.459 e. The largest absolute Gasteiger partial charge is 0.459 e. The number of hydrogen-bond donors (Lipinski definition) is 0. The molecule has 106 valence electrons. The van der Waals surface area contributed by atoms with Crippen molar-refractivity contribution in [3.05, 3.63) is 48.0 Å². The highest BCUT2D eigenvalue weighted by Gasteiger charge is 2.14. The van der Waals surface area contributed by atoms with Gasteiger partial charge in [0.1, 0.15) is 0 Å². The number of esters is 1. The minimum absolute atomic E-state index is 0.121. The lowest BCUT2D eigenvalue weighted by molar-refractivity contribution is 0.0452. The molecule has 3 aromatic rings. The van der Waals surface area contributed by atoms with E-state index in [2.05, 4.69) is 20.1 Å². The summed E-state index contributed by atoms with van der Waals surface area (Å²) in [5, 5.41) is 3.69. The summed E-state index contributed by atoms with van der Waals surface area (Å²) < 4.78 is 15.1. The summed E-state index contributed by atoms with van der Waals surface area (Å²) in [6.07, 6.45) is 4.33. The van der Waals surface area contributed by atoms with Gasteiger partial charge in [-0.2, -0.15) is 4.98 Å². The van der Waals surface area contributed by atoms with Crippen LogP contribution >= 0.6 is 0 Å². The SMILES string of the molecule is Cc1cnc(C(=O)OCc2noc(-c3ccco3)n2)cn1. The normalized spacial score (nSPS) is 10.5. The van der Waals surface area contributed by atoms with Crippen LogP contribution in [-0.2, 0) is 11.3 Å². The van der Waals surface area contributed by atoms with E-state index in [-0.39, 0.29) is 24.0 Å². The fourth-order valence-corrected chi connectivity index (χ4v) is 1.51. The second-order valence-electron chi connectivity index (χ2n) is 4.11. The van der Waals surface area contributed by atoms with E-state index in [1.54, 1.807) is 19.1 Å². The summed E-state index contributed by atoms with van der Waals surface area (Å²) in [5.41, 5.74) is 0.836. The van der Waals surface area contributed by atoms with Gasteiger partial charge in [-0.15, -0.1) is 0 Å². The zero-order valence-electron chi connectivity index (χ0n) is 11.0. The number of ether oxygens (including phenoxy) is 1. The molecule has 0 aliphatic heterocycles. The lowest BCUT2D eigenvalue weighted by Crippen LogP contribution is -2.08. The Morgan fingerprint density at radius 2 is 2.24 bits per heavy atom. The summed E-state index contributed by atoms with van der Waals surface area (Å²) in [4.78, 5) is 23.7.